The molecule has 1 unspecified atom stereocenters. The van der Waals surface area contributed by atoms with Crippen LogP contribution in [0.5, 0.6) is 5.88 Å². The molecule has 18 heavy (non-hydrogen) atoms. The molecule has 0 amide bonds. The third-order valence-corrected chi connectivity index (χ3v) is 4.83. The molecule has 96 valence electrons. The molecule has 0 radical (unpaired) electrons. The molecule has 3 fully saturated rings. The van der Waals surface area contributed by atoms with Crippen LogP contribution < -0.4 is 10.1 Å². The van der Waals surface area contributed by atoms with Crippen LogP contribution in [-0.2, 0) is 6.42 Å². The Morgan fingerprint density at radius 2 is 2.28 bits per heavy atom. The number of pyridine rings is 1. The molecule has 5 rings (SSSR count). The Hall–Kier alpha value is -1.29. The Kier molecular flexibility index (Phi) is 2.13. The average Bonchev–Trinajstić information content (AvgIpc) is 2.76. The Morgan fingerprint density at radius 1 is 1.44 bits per heavy atom. The van der Waals surface area contributed by atoms with Gasteiger partial charge in [-0.05, 0) is 32.0 Å². The van der Waals surface area contributed by atoms with Crippen molar-refractivity contribution in [3.05, 3.63) is 17.8 Å². The fourth-order valence-corrected chi connectivity index (χ4v) is 3.84. The first-order valence-electron chi connectivity index (χ1n) is 6.87. The maximum Gasteiger partial charge on any atom is 0.217 e. The summed E-state index contributed by atoms with van der Waals surface area (Å²) in [5, 5.41) is 3.15. The second kappa shape index (κ2) is 3.60. The highest BCUT2D eigenvalue weighted by atomic mass is 16.5. The minimum atomic E-state index is 0.0260. The number of rotatable bonds is 1. The molecular weight excluding hydrogens is 226 g/mol. The minimum absolute atomic E-state index is 0.0260. The maximum atomic E-state index is 6.29. The van der Waals surface area contributed by atoms with Gasteiger partial charge in [-0.2, -0.15) is 0 Å². The number of nitrogens with one attached hydrogen (secondary N) is 1. The molecule has 0 aliphatic carbocycles. The predicted octanol–water partition coefficient (Wildman–Crippen LogP) is 1.52. The van der Waals surface area contributed by atoms with Gasteiger partial charge in [0.05, 0.1) is 11.9 Å². The van der Waals surface area contributed by atoms with Gasteiger partial charge in [0.2, 0.25) is 5.88 Å². The van der Waals surface area contributed by atoms with Crippen LogP contribution in [0, 0.1) is 5.92 Å². The van der Waals surface area contributed by atoms with E-state index in [1.54, 1.807) is 0 Å². The van der Waals surface area contributed by atoms with E-state index in [1.165, 1.54) is 31.5 Å². The van der Waals surface area contributed by atoms with Crippen molar-refractivity contribution >= 4 is 5.69 Å². The van der Waals surface area contributed by atoms with Gasteiger partial charge in [-0.3, -0.25) is 4.90 Å². The monoisotopic (exact) mass is 245 g/mol. The summed E-state index contributed by atoms with van der Waals surface area (Å²) in [4.78, 5) is 7.01. The third-order valence-electron chi connectivity index (χ3n) is 4.83. The molecule has 3 saturated heterocycles. The zero-order valence-electron chi connectivity index (χ0n) is 10.8. The van der Waals surface area contributed by atoms with E-state index in [0.29, 0.717) is 0 Å². The van der Waals surface area contributed by atoms with Crippen LogP contribution in [0.4, 0.5) is 5.69 Å². The lowest BCUT2D eigenvalue weighted by Gasteiger charge is -2.50. The first-order valence-corrected chi connectivity index (χ1v) is 6.87. The molecule has 4 nitrogen and oxygen atoms in total. The Balaban J connectivity index is 1.68. The number of piperidine rings is 3. The van der Waals surface area contributed by atoms with Crippen molar-refractivity contribution in [3.8, 4) is 5.88 Å². The number of ether oxygens (including phenoxy) is 1. The summed E-state index contributed by atoms with van der Waals surface area (Å²) in [5.74, 6) is 1.58. The van der Waals surface area contributed by atoms with E-state index < -0.39 is 0 Å². The highest BCUT2D eigenvalue weighted by Gasteiger charge is 2.52. The summed E-state index contributed by atoms with van der Waals surface area (Å²) in [6.07, 6.45) is 5.46. The predicted molar refractivity (Wildman–Crippen MR) is 70.0 cm³/mol. The topological polar surface area (TPSA) is 37.4 Å². The zero-order chi connectivity index (χ0) is 12.2. The summed E-state index contributed by atoms with van der Waals surface area (Å²) >= 11 is 0. The van der Waals surface area contributed by atoms with Crippen LogP contribution in [0.1, 0.15) is 18.4 Å². The zero-order valence-corrected chi connectivity index (χ0v) is 10.8. The summed E-state index contributed by atoms with van der Waals surface area (Å²) < 4.78 is 6.29. The van der Waals surface area contributed by atoms with Crippen LogP contribution in [0.2, 0.25) is 0 Å². The summed E-state index contributed by atoms with van der Waals surface area (Å²) in [6, 6.07) is 2.19. The van der Waals surface area contributed by atoms with Crippen LogP contribution in [-0.4, -0.2) is 42.2 Å². The molecule has 0 saturated carbocycles. The van der Waals surface area contributed by atoms with E-state index in [0.717, 1.165) is 30.5 Å². The van der Waals surface area contributed by atoms with Gasteiger partial charge in [0.15, 0.2) is 0 Å². The number of hydrogen-bond acceptors (Lipinski definition) is 4. The van der Waals surface area contributed by atoms with Gasteiger partial charge >= 0.3 is 0 Å². The molecule has 4 aliphatic heterocycles. The molecule has 5 heterocycles. The SMILES string of the molecule is CNc1cnc2c(c1)CC1(CN3CCC1CC3)O2. The van der Waals surface area contributed by atoms with Crippen molar-refractivity contribution in [1.82, 2.24) is 9.88 Å². The molecule has 4 aliphatic rings. The van der Waals surface area contributed by atoms with Crippen molar-refractivity contribution in [3.63, 3.8) is 0 Å². The first-order chi connectivity index (χ1) is 8.79. The molecule has 1 atom stereocenters. The lowest BCUT2D eigenvalue weighted by atomic mass is 9.73. The molecular formula is C14H19N3O. The normalized spacial score (nSPS) is 36.5. The molecule has 4 heteroatoms. The van der Waals surface area contributed by atoms with Crippen LogP contribution in [0.25, 0.3) is 0 Å². The molecule has 1 N–H and O–H groups in total. The van der Waals surface area contributed by atoms with E-state index in [1.807, 2.05) is 13.2 Å². The minimum Gasteiger partial charge on any atom is -0.469 e. The van der Waals surface area contributed by atoms with Gasteiger partial charge in [-0.15, -0.1) is 0 Å². The molecule has 1 spiro atoms. The maximum absolute atomic E-state index is 6.29. The van der Waals surface area contributed by atoms with Crippen LogP contribution >= 0.6 is 0 Å². The molecule has 1 aromatic heterocycles. The van der Waals surface area contributed by atoms with Crippen LogP contribution in [0.3, 0.4) is 0 Å². The Labute approximate surface area is 107 Å². The van der Waals surface area contributed by atoms with Crippen molar-refractivity contribution < 1.29 is 4.74 Å². The Morgan fingerprint density at radius 3 is 2.94 bits per heavy atom. The lowest BCUT2D eigenvalue weighted by molar-refractivity contribution is -0.0814. The largest absolute Gasteiger partial charge is 0.469 e. The number of anilines is 1. The number of fused-ring (bicyclic) bond motifs is 3. The number of hydrogen-bond donors (Lipinski definition) is 1. The molecule has 0 aromatic carbocycles. The smallest absolute Gasteiger partial charge is 0.217 e. The fourth-order valence-electron chi connectivity index (χ4n) is 3.84. The van der Waals surface area contributed by atoms with E-state index in [-0.39, 0.29) is 5.60 Å². The second-order valence-electron chi connectivity index (χ2n) is 5.83. The van der Waals surface area contributed by atoms with Crippen molar-refractivity contribution in [2.75, 3.05) is 32.0 Å². The molecule has 2 bridgehead atoms. The van der Waals surface area contributed by atoms with Crippen LogP contribution in [0.15, 0.2) is 12.3 Å². The quantitative estimate of drug-likeness (QED) is 0.814. The van der Waals surface area contributed by atoms with Crippen molar-refractivity contribution in [1.29, 1.82) is 0 Å². The molecule has 1 aromatic rings. The van der Waals surface area contributed by atoms with Gasteiger partial charge in [-0.1, -0.05) is 0 Å². The standard InChI is InChI=1S/C14H19N3O/c1-15-12-6-10-7-14(18-13(10)16-8-12)9-17-4-2-11(14)3-5-17/h6,8,11,15H,2-5,7,9H2,1H3. The van der Waals surface area contributed by atoms with Gasteiger partial charge in [-0.25, -0.2) is 4.98 Å². The fraction of sp³-hybridized carbons (Fsp3) is 0.643. The highest BCUT2D eigenvalue weighted by Crippen LogP contribution is 2.46. The lowest BCUT2D eigenvalue weighted by Crippen LogP contribution is -2.61. The van der Waals surface area contributed by atoms with E-state index >= 15 is 0 Å². The second-order valence-corrected chi connectivity index (χ2v) is 5.83. The van der Waals surface area contributed by atoms with E-state index in [9.17, 15) is 0 Å². The van der Waals surface area contributed by atoms with E-state index in [2.05, 4.69) is 21.3 Å². The van der Waals surface area contributed by atoms with Crippen molar-refractivity contribution in [2.45, 2.75) is 24.9 Å². The van der Waals surface area contributed by atoms with Gasteiger partial charge in [0.1, 0.15) is 5.60 Å². The highest BCUT2D eigenvalue weighted by molar-refractivity contribution is 5.48. The number of nitrogens with zero attached hydrogens (tertiary/aromatic N) is 2. The van der Waals surface area contributed by atoms with E-state index in [4.69, 9.17) is 4.74 Å². The first kappa shape index (κ1) is 10.6. The summed E-state index contributed by atoms with van der Waals surface area (Å²) in [5.41, 5.74) is 2.38. The third kappa shape index (κ3) is 1.38. The van der Waals surface area contributed by atoms with Gasteiger partial charge < -0.3 is 10.1 Å². The van der Waals surface area contributed by atoms with Gasteiger partial charge in [0.25, 0.3) is 0 Å². The summed E-state index contributed by atoms with van der Waals surface area (Å²) in [6.45, 7) is 3.59. The number of aromatic nitrogens is 1. The summed E-state index contributed by atoms with van der Waals surface area (Å²) in [7, 11) is 1.93. The van der Waals surface area contributed by atoms with Gasteiger partial charge in [0, 0.05) is 31.5 Å². The average molecular weight is 245 g/mol. The van der Waals surface area contributed by atoms with Crippen molar-refractivity contribution in [2.24, 2.45) is 5.92 Å². The Bertz CT molecular complexity index is 482.